The van der Waals surface area contributed by atoms with Crippen LogP contribution < -0.4 is 10.4 Å². The molecule has 0 saturated heterocycles. The van der Waals surface area contributed by atoms with E-state index in [-0.39, 0.29) is 21.4 Å². The van der Waals surface area contributed by atoms with E-state index in [1.165, 1.54) is 30.5 Å². The minimum Gasteiger partial charge on any atom is -0.617 e. The van der Waals surface area contributed by atoms with Crippen molar-refractivity contribution in [3.63, 3.8) is 0 Å². The minimum atomic E-state index is -1.28. The normalized spacial score (nSPS) is 11.8. The molecule has 1 aromatic heterocycles. The fourth-order valence-corrected chi connectivity index (χ4v) is 2.36. The molecule has 2 N–H and O–H groups in total. The van der Waals surface area contributed by atoms with Crippen molar-refractivity contribution in [2.75, 3.05) is 5.32 Å². The fourth-order valence-electron chi connectivity index (χ4n) is 1.55. The van der Waals surface area contributed by atoms with Gasteiger partial charge in [-0.15, -0.1) is 0 Å². The van der Waals surface area contributed by atoms with Crippen molar-refractivity contribution in [3.05, 3.63) is 61.8 Å². The first-order chi connectivity index (χ1) is 10.4. The first-order valence-corrected chi connectivity index (χ1v) is 7.40. The molecule has 1 aromatic carbocycles. The number of anilines is 1. The SMILES string of the molecule is O=C(Nc1ccc(Br)cn1)[NH+]([O-])C(=O)c1c(Cl)cccc1Cl. The van der Waals surface area contributed by atoms with Crippen molar-refractivity contribution in [1.29, 1.82) is 0 Å². The molecule has 0 aliphatic rings. The van der Waals surface area contributed by atoms with Crippen LogP contribution in [-0.4, -0.2) is 16.9 Å². The molecule has 0 bridgehead atoms. The number of benzene rings is 1. The first kappa shape index (κ1) is 16.9. The molecule has 6 nitrogen and oxygen atoms in total. The van der Waals surface area contributed by atoms with Crippen LogP contribution in [0.25, 0.3) is 0 Å². The quantitative estimate of drug-likeness (QED) is 0.753. The van der Waals surface area contributed by atoms with Gasteiger partial charge < -0.3 is 5.21 Å². The molecule has 0 aliphatic carbocycles. The van der Waals surface area contributed by atoms with E-state index in [9.17, 15) is 14.8 Å². The summed E-state index contributed by atoms with van der Waals surface area (Å²) >= 11 is 14.9. The summed E-state index contributed by atoms with van der Waals surface area (Å²) in [7, 11) is 0. The van der Waals surface area contributed by atoms with Crippen molar-refractivity contribution in [2.24, 2.45) is 0 Å². The van der Waals surface area contributed by atoms with E-state index in [0.29, 0.717) is 4.47 Å². The number of nitrogens with one attached hydrogen (secondary N) is 2. The first-order valence-electron chi connectivity index (χ1n) is 5.85. The van der Waals surface area contributed by atoms with Crippen LogP contribution in [0.2, 0.25) is 10.0 Å². The van der Waals surface area contributed by atoms with E-state index in [2.05, 4.69) is 26.2 Å². The third-order valence-electron chi connectivity index (χ3n) is 2.57. The largest absolute Gasteiger partial charge is 0.617 e. The number of rotatable bonds is 2. The summed E-state index contributed by atoms with van der Waals surface area (Å²) in [6.45, 7) is 0. The van der Waals surface area contributed by atoms with Gasteiger partial charge in [0.25, 0.3) is 0 Å². The van der Waals surface area contributed by atoms with Gasteiger partial charge in [0, 0.05) is 10.7 Å². The smallest absolute Gasteiger partial charge is 0.428 e. The van der Waals surface area contributed by atoms with Gasteiger partial charge in [0.1, 0.15) is 11.4 Å². The number of hydrogen-bond acceptors (Lipinski definition) is 4. The molecule has 2 aromatic rings. The molecule has 0 aliphatic heterocycles. The van der Waals surface area contributed by atoms with Gasteiger partial charge in [0.05, 0.1) is 10.0 Å². The van der Waals surface area contributed by atoms with Crippen molar-refractivity contribution < 1.29 is 14.7 Å². The summed E-state index contributed by atoms with van der Waals surface area (Å²) in [6.07, 6.45) is 1.44. The second-order valence-corrected chi connectivity index (χ2v) is 5.80. The average molecular weight is 405 g/mol. The molecule has 9 heteroatoms. The maximum absolute atomic E-state index is 12.1. The lowest BCUT2D eigenvalue weighted by molar-refractivity contribution is -0.659. The lowest BCUT2D eigenvalue weighted by Crippen LogP contribution is -3.13. The molecular formula is C13H8BrCl2N3O3. The number of aromatic nitrogens is 1. The number of hydroxylamine groups is 2. The Bertz CT molecular complexity index is 705. The highest BCUT2D eigenvalue weighted by molar-refractivity contribution is 9.10. The Kier molecular flexibility index (Phi) is 5.49. The van der Waals surface area contributed by atoms with Gasteiger partial charge in [-0.25, -0.2) is 19.6 Å². The lowest BCUT2D eigenvalue weighted by Gasteiger charge is -2.18. The van der Waals surface area contributed by atoms with E-state index < -0.39 is 17.0 Å². The minimum absolute atomic E-state index is 0.000386. The predicted molar refractivity (Wildman–Crippen MR) is 86.1 cm³/mol. The Balaban J connectivity index is 2.16. The predicted octanol–water partition coefficient (Wildman–Crippen LogP) is 2.91. The van der Waals surface area contributed by atoms with Crippen molar-refractivity contribution >= 4 is 56.9 Å². The van der Waals surface area contributed by atoms with Crippen molar-refractivity contribution in [2.45, 2.75) is 0 Å². The van der Waals surface area contributed by atoms with E-state index >= 15 is 0 Å². The van der Waals surface area contributed by atoms with Crippen LogP contribution in [0, 0.1) is 5.21 Å². The second-order valence-electron chi connectivity index (χ2n) is 4.07. The highest BCUT2D eigenvalue weighted by Gasteiger charge is 2.26. The van der Waals surface area contributed by atoms with Crippen LogP contribution in [0.1, 0.15) is 10.4 Å². The van der Waals surface area contributed by atoms with Crippen LogP contribution in [-0.2, 0) is 0 Å². The monoisotopic (exact) mass is 403 g/mol. The van der Waals surface area contributed by atoms with Gasteiger partial charge in [-0.3, -0.25) is 5.32 Å². The number of urea groups is 1. The van der Waals surface area contributed by atoms with Gasteiger partial charge in [0.2, 0.25) is 0 Å². The third kappa shape index (κ3) is 3.82. The molecule has 0 spiro atoms. The van der Waals surface area contributed by atoms with Gasteiger partial charge in [-0.05, 0) is 40.2 Å². The number of carbonyl (C=O) groups is 2. The van der Waals surface area contributed by atoms with Gasteiger partial charge >= 0.3 is 11.9 Å². The third-order valence-corrected chi connectivity index (χ3v) is 3.67. The molecule has 1 unspecified atom stereocenters. The molecular weight excluding hydrogens is 397 g/mol. The van der Waals surface area contributed by atoms with E-state index in [4.69, 9.17) is 23.2 Å². The summed E-state index contributed by atoms with van der Waals surface area (Å²) in [5.41, 5.74) is -0.199. The Morgan fingerprint density at radius 1 is 1.18 bits per heavy atom. The highest BCUT2D eigenvalue weighted by atomic mass is 79.9. The zero-order valence-corrected chi connectivity index (χ0v) is 13.9. The Labute approximate surface area is 143 Å². The lowest BCUT2D eigenvalue weighted by atomic mass is 10.2. The number of pyridine rings is 1. The van der Waals surface area contributed by atoms with Gasteiger partial charge in [0.15, 0.2) is 0 Å². The summed E-state index contributed by atoms with van der Waals surface area (Å²) in [6, 6.07) is 6.32. The Hall–Kier alpha value is -1.51. The maximum atomic E-state index is 12.1. The summed E-state index contributed by atoms with van der Waals surface area (Å²) in [4.78, 5) is 27.8. The topological polar surface area (TPSA) is 86.6 Å². The van der Waals surface area contributed by atoms with Crippen LogP contribution in [0.5, 0.6) is 0 Å². The number of carbonyl (C=O) groups excluding carboxylic acids is 2. The Morgan fingerprint density at radius 2 is 1.82 bits per heavy atom. The number of imide groups is 1. The molecule has 0 saturated carbocycles. The molecule has 114 valence electrons. The van der Waals surface area contributed by atoms with Crippen molar-refractivity contribution in [3.8, 4) is 0 Å². The summed E-state index contributed by atoms with van der Waals surface area (Å²) in [5.74, 6) is -0.940. The highest BCUT2D eigenvalue weighted by Crippen LogP contribution is 2.23. The van der Waals surface area contributed by atoms with E-state index in [0.717, 1.165) is 0 Å². The van der Waals surface area contributed by atoms with Gasteiger partial charge in [-0.1, -0.05) is 29.3 Å². The molecule has 2 rings (SSSR count). The average Bonchev–Trinajstić information content (AvgIpc) is 2.48. The summed E-state index contributed by atoms with van der Waals surface area (Å²) in [5, 5.41) is 12.9. The van der Waals surface area contributed by atoms with Gasteiger partial charge in [-0.2, -0.15) is 0 Å². The summed E-state index contributed by atoms with van der Waals surface area (Å²) < 4.78 is 0.704. The molecule has 3 amide bonds. The van der Waals surface area contributed by atoms with Crippen LogP contribution in [0.3, 0.4) is 0 Å². The molecule has 1 heterocycles. The molecule has 22 heavy (non-hydrogen) atoms. The number of hydrogen-bond donors (Lipinski definition) is 2. The molecule has 0 fully saturated rings. The maximum Gasteiger partial charge on any atom is 0.428 e. The Morgan fingerprint density at radius 3 is 2.36 bits per heavy atom. The molecule has 0 radical (unpaired) electrons. The number of quaternary nitrogens is 1. The number of halogens is 3. The standard InChI is InChI=1S/C13H8BrCl2N3O3/c14-7-4-5-10(17-6-7)18-13(21)19(22)12(20)11-8(15)2-1-3-9(11)16/h1-6,19H,(H,17,18,21). The van der Waals surface area contributed by atoms with E-state index in [1.54, 1.807) is 6.07 Å². The number of nitrogens with zero attached hydrogens (tertiary/aromatic N) is 1. The zero-order chi connectivity index (χ0) is 16.3. The van der Waals surface area contributed by atoms with Crippen LogP contribution in [0.4, 0.5) is 10.6 Å². The zero-order valence-electron chi connectivity index (χ0n) is 10.8. The van der Waals surface area contributed by atoms with Crippen LogP contribution >= 0.6 is 39.1 Å². The molecule has 1 atom stereocenters. The van der Waals surface area contributed by atoms with Crippen molar-refractivity contribution in [1.82, 2.24) is 4.98 Å². The fraction of sp³-hybridized carbons (Fsp3) is 0. The van der Waals surface area contributed by atoms with E-state index in [1.807, 2.05) is 0 Å². The second kappa shape index (κ2) is 7.17. The van der Waals surface area contributed by atoms with Crippen LogP contribution in [0.15, 0.2) is 41.0 Å². The number of amides is 3.